The zero-order valence-corrected chi connectivity index (χ0v) is 12.4. The summed E-state index contributed by atoms with van der Waals surface area (Å²) in [6, 6.07) is 7.22. The third kappa shape index (κ3) is 3.73. The maximum Gasteiger partial charge on any atom is 0.278 e. The van der Waals surface area contributed by atoms with Crippen molar-refractivity contribution in [1.29, 1.82) is 0 Å². The van der Waals surface area contributed by atoms with Crippen molar-refractivity contribution in [2.24, 2.45) is 0 Å². The van der Waals surface area contributed by atoms with E-state index in [1.807, 2.05) is 12.1 Å². The maximum atomic E-state index is 11.5. The number of aromatic nitrogens is 1. The second-order valence-electron chi connectivity index (χ2n) is 3.61. The van der Waals surface area contributed by atoms with Crippen molar-refractivity contribution < 1.29 is 4.79 Å². The molecule has 0 saturated carbocycles. The van der Waals surface area contributed by atoms with Crippen molar-refractivity contribution in [3.05, 3.63) is 29.6 Å². The molecule has 4 nitrogen and oxygen atoms in total. The van der Waals surface area contributed by atoms with Gasteiger partial charge < -0.3 is 5.73 Å². The lowest BCUT2D eigenvalue weighted by Crippen LogP contribution is -2.26. The third-order valence-corrected chi connectivity index (χ3v) is 3.46. The van der Waals surface area contributed by atoms with E-state index in [-0.39, 0.29) is 0 Å². The van der Waals surface area contributed by atoms with Crippen LogP contribution in [0.4, 0.5) is 10.8 Å². The van der Waals surface area contributed by atoms with E-state index in [0.29, 0.717) is 16.5 Å². The minimum Gasteiger partial charge on any atom is -0.399 e. The highest BCUT2D eigenvalue weighted by atomic mass is 35.6. The molecule has 1 aromatic heterocycles. The number of nitrogens with one attached hydrogen (secondary N) is 1. The molecule has 0 fully saturated rings. The number of nitrogens with two attached hydrogens (primary N) is 1. The van der Waals surface area contributed by atoms with Crippen LogP contribution in [-0.2, 0) is 4.79 Å². The average Bonchev–Trinajstić information content (AvgIpc) is 2.77. The average molecular weight is 337 g/mol. The molecule has 1 aromatic carbocycles. The van der Waals surface area contributed by atoms with Crippen molar-refractivity contribution in [2.45, 2.75) is 3.79 Å². The largest absolute Gasteiger partial charge is 0.399 e. The van der Waals surface area contributed by atoms with Crippen LogP contribution in [0.2, 0.25) is 0 Å². The van der Waals surface area contributed by atoms with Gasteiger partial charge in [0.2, 0.25) is 0 Å². The number of hydrogen-bond acceptors (Lipinski definition) is 4. The number of anilines is 2. The Balaban J connectivity index is 2.16. The molecule has 0 spiro atoms. The summed E-state index contributed by atoms with van der Waals surface area (Å²) in [6.45, 7) is 0. The molecule has 0 saturated heterocycles. The summed E-state index contributed by atoms with van der Waals surface area (Å²) in [6.07, 6.45) is 0. The van der Waals surface area contributed by atoms with Crippen LogP contribution in [0.3, 0.4) is 0 Å². The SMILES string of the molecule is Nc1ccc(-c2csc(NC(=O)C(Cl)(Cl)Cl)n2)cc1. The van der Waals surface area contributed by atoms with Crippen LogP contribution < -0.4 is 11.1 Å². The van der Waals surface area contributed by atoms with Crippen LogP contribution in [0.1, 0.15) is 0 Å². The Morgan fingerprint density at radius 3 is 2.47 bits per heavy atom. The number of alkyl halides is 3. The lowest BCUT2D eigenvalue weighted by atomic mass is 10.1. The summed E-state index contributed by atoms with van der Waals surface area (Å²) < 4.78 is -2.01. The van der Waals surface area contributed by atoms with Gasteiger partial charge in [0.25, 0.3) is 9.70 Å². The number of carbonyl (C=O) groups excluding carboxylic acids is 1. The van der Waals surface area contributed by atoms with Crippen molar-refractivity contribution in [1.82, 2.24) is 4.98 Å². The summed E-state index contributed by atoms with van der Waals surface area (Å²) in [5.41, 5.74) is 7.88. The summed E-state index contributed by atoms with van der Waals surface area (Å²) in [7, 11) is 0. The van der Waals surface area contributed by atoms with Crippen LogP contribution in [0.5, 0.6) is 0 Å². The molecule has 0 aliphatic heterocycles. The molecule has 1 amide bonds. The Morgan fingerprint density at radius 1 is 1.26 bits per heavy atom. The van der Waals surface area contributed by atoms with Gasteiger partial charge >= 0.3 is 0 Å². The van der Waals surface area contributed by atoms with E-state index < -0.39 is 9.70 Å². The van der Waals surface area contributed by atoms with Gasteiger partial charge in [0.1, 0.15) is 0 Å². The molecular formula is C11H8Cl3N3OS. The molecule has 0 bridgehead atoms. The van der Waals surface area contributed by atoms with Gasteiger partial charge in [-0.3, -0.25) is 10.1 Å². The molecule has 3 N–H and O–H groups in total. The van der Waals surface area contributed by atoms with Gasteiger partial charge in [-0.25, -0.2) is 4.98 Å². The number of halogens is 3. The topological polar surface area (TPSA) is 68.0 Å². The van der Waals surface area contributed by atoms with Gasteiger partial charge in [-0.2, -0.15) is 0 Å². The van der Waals surface area contributed by atoms with E-state index in [1.54, 1.807) is 17.5 Å². The van der Waals surface area contributed by atoms with Crippen molar-refractivity contribution in [3.8, 4) is 11.3 Å². The Kier molecular flexibility index (Phi) is 4.20. The number of hydrogen-bond donors (Lipinski definition) is 2. The van der Waals surface area contributed by atoms with Crippen LogP contribution in [0.15, 0.2) is 29.6 Å². The smallest absolute Gasteiger partial charge is 0.278 e. The monoisotopic (exact) mass is 335 g/mol. The van der Waals surface area contributed by atoms with Crippen molar-refractivity contribution in [3.63, 3.8) is 0 Å². The Labute approximate surface area is 128 Å². The molecule has 0 aliphatic rings. The summed E-state index contributed by atoms with van der Waals surface area (Å²) >= 11 is 17.6. The lowest BCUT2D eigenvalue weighted by molar-refractivity contribution is -0.115. The number of nitrogen functional groups attached to an aromatic ring is 1. The zero-order valence-electron chi connectivity index (χ0n) is 9.36. The van der Waals surface area contributed by atoms with Gasteiger partial charge in [-0.1, -0.05) is 46.9 Å². The van der Waals surface area contributed by atoms with E-state index in [9.17, 15) is 4.79 Å². The van der Waals surface area contributed by atoms with Crippen LogP contribution in [-0.4, -0.2) is 14.7 Å². The van der Waals surface area contributed by atoms with Crippen molar-refractivity contribution >= 4 is 62.9 Å². The predicted octanol–water partition coefficient (Wildman–Crippen LogP) is 3.70. The van der Waals surface area contributed by atoms with E-state index in [1.165, 1.54) is 11.3 Å². The third-order valence-electron chi connectivity index (χ3n) is 2.19. The second kappa shape index (κ2) is 5.54. The van der Waals surface area contributed by atoms with Gasteiger partial charge in [0, 0.05) is 16.6 Å². The second-order valence-corrected chi connectivity index (χ2v) is 6.75. The van der Waals surface area contributed by atoms with E-state index >= 15 is 0 Å². The molecule has 8 heteroatoms. The Hall–Kier alpha value is -1.01. The molecule has 0 radical (unpaired) electrons. The lowest BCUT2D eigenvalue weighted by Gasteiger charge is -2.08. The molecule has 0 atom stereocenters. The summed E-state index contributed by atoms with van der Waals surface area (Å²) in [5.74, 6) is -0.740. The first kappa shape index (κ1) is 14.4. The molecule has 100 valence electrons. The number of nitrogens with zero attached hydrogens (tertiary/aromatic N) is 1. The molecule has 2 rings (SSSR count). The highest BCUT2D eigenvalue weighted by molar-refractivity contribution is 7.14. The normalized spacial score (nSPS) is 11.3. The van der Waals surface area contributed by atoms with E-state index in [2.05, 4.69) is 10.3 Å². The minimum atomic E-state index is -2.01. The van der Waals surface area contributed by atoms with Gasteiger partial charge in [0.15, 0.2) is 5.13 Å². The van der Waals surface area contributed by atoms with E-state index in [4.69, 9.17) is 40.5 Å². The number of thiazole rings is 1. The molecule has 19 heavy (non-hydrogen) atoms. The molecular weight excluding hydrogens is 329 g/mol. The van der Waals surface area contributed by atoms with Crippen molar-refractivity contribution in [2.75, 3.05) is 11.1 Å². The Bertz CT molecular complexity index is 592. The number of carbonyl (C=O) groups is 1. The van der Waals surface area contributed by atoms with Crippen LogP contribution in [0, 0.1) is 0 Å². The highest BCUT2D eigenvalue weighted by Crippen LogP contribution is 2.30. The first-order valence-electron chi connectivity index (χ1n) is 5.06. The first-order chi connectivity index (χ1) is 8.86. The van der Waals surface area contributed by atoms with Crippen LogP contribution >= 0.6 is 46.1 Å². The minimum absolute atomic E-state index is 0.364. The summed E-state index contributed by atoms with van der Waals surface area (Å²) in [4.78, 5) is 15.7. The molecule has 0 aliphatic carbocycles. The number of benzene rings is 1. The number of rotatable bonds is 2. The Morgan fingerprint density at radius 2 is 1.89 bits per heavy atom. The number of amides is 1. The fourth-order valence-electron chi connectivity index (χ4n) is 1.29. The fraction of sp³-hybridized carbons (Fsp3) is 0.0909. The molecule has 2 aromatic rings. The maximum absolute atomic E-state index is 11.5. The van der Waals surface area contributed by atoms with Gasteiger partial charge in [-0.05, 0) is 12.1 Å². The first-order valence-corrected chi connectivity index (χ1v) is 7.07. The predicted molar refractivity (Wildman–Crippen MR) is 80.9 cm³/mol. The van der Waals surface area contributed by atoms with E-state index in [0.717, 1.165) is 5.56 Å². The molecule has 1 heterocycles. The highest BCUT2D eigenvalue weighted by Gasteiger charge is 2.31. The molecule has 0 unspecified atom stereocenters. The quantitative estimate of drug-likeness (QED) is 0.649. The van der Waals surface area contributed by atoms with Crippen LogP contribution in [0.25, 0.3) is 11.3 Å². The zero-order chi connectivity index (χ0) is 14.0. The standard InChI is InChI=1S/C11H8Cl3N3OS/c12-11(13,14)9(18)17-10-16-8(5-19-10)6-1-3-7(15)4-2-6/h1-5H,15H2,(H,16,17,18). The summed E-state index contributed by atoms with van der Waals surface area (Å²) in [5, 5.41) is 4.59. The van der Waals surface area contributed by atoms with Gasteiger partial charge in [0.05, 0.1) is 5.69 Å². The fourth-order valence-corrected chi connectivity index (χ4v) is 2.14. The van der Waals surface area contributed by atoms with Gasteiger partial charge in [-0.15, -0.1) is 11.3 Å².